The molecule has 1 aromatic heterocycles. The second kappa shape index (κ2) is 3.61. The lowest BCUT2D eigenvalue weighted by Gasteiger charge is -2.07. The molecule has 2 aromatic rings. The minimum Gasteiger partial charge on any atom is -0.361 e. The van der Waals surface area contributed by atoms with Gasteiger partial charge in [-0.25, -0.2) is 0 Å². The molecule has 17 heavy (non-hydrogen) atoms. The van der Waals surface area contributed by atoms with E-state index in [0.717, 1.165) is 11.1 Å². The highest BCUT2D eigenvalue weighted by Gasteiger charge is 2.41. The highest BCUT2D eigenvalue weighted by molar-refractivity contribution is 5.85. The van der Waals surface area contributed by atoms with Gasteiger partial charge in [0.25, 0.3) is 0 Å². The van der Waals surface area contributed by atoms with Gasteiger partial charge in [-0.1, -0.05) is 0 Å². The van der Waals surface area contributed by atoms with Crippen LogP contribution in [0.15, 0.2) is 24.4 Å². The maximum atomic E-state index is 8.95. The third-order valence-electron chi connectivity index (χ3n) is 3.66. The van der Waals surface area contributed by atoms with E-state index in [-0.39, 0.29) is 0 Å². The largest absolute Gasteiger partial charge is 0.361 e. The molecular formula is C14H15N3. The second-order valence-corrected chi connectivity index (χ2v) is 4.99. The molecule has 2 atom stereocenters. The first kappa shape index (κ1) is 10.4. The number of nitriles is 1. The van der Waals surface area contributed by atoms with Gasteiger partial charge < -0.3 is 9.88 Å². The normalized spacial score (nSPS) is 22.9. The van der Waals surface area contributed by atoms with Crippen molar-refractivity contribution in [3.63, 3.8) is 0 Å². The van der Waals surface area contributed by atoms with E-state index < -0.39 is 0 Å². The number of nitrogens with zero attached hydrogens (tertiary/aromatic N) is 2. The van der Waals surface area contributed by atoms with Crippen LogP contribution >= 0.6 is 0 Å². The molecule has 0 aliphatic heterocycles. The fraction of sp³-hybridized carbons (Fsp3) is 0.357. The van der Waals surface area contributed by atoms with Crippen LogP contribution in [0.3, 0.4) is 0 Å². The van der Waals surface area contributed by atoms with Crippen LogP contribution in [0, 0.1) is 11.3 Å². The van der Waals surface area contributed by atoms with Gasteiger partial charge in [-0.05, 0) is 44.3 Å². The molecule has 1 N–H and O–H groups in total. The van der Waals surface area contributed by atoms with E-state index in [0.29, 0.717) is 12.0 Å². The van der Waals surface area contributed by atoms with Crippen LogP contribution in [0.25, 0.3) is 10.9 Å². The summed E-state index contributed by atoms with van der Waals surface area (Å²) in [5.41, 5.74) is 3.22. The predicted octanol–water partition coefficient (Wildman–Crippen LogP) is 2.46. The lowest BCUT2D eigenvalue weighted by atomic mass is 10.1. The average molecular weight is 225 g/mol. The van der Waals surface area contributed by atoms with Gasteiger partial charge in [-0.15, -0.1) is 0 Å². The summed E-state index contributed by atoms with van der Waals surface area (Å²) >= 11 is 0. The average Bonchev–Trinajstić information content (AvgIpc) is 3.02. The van der Waals surface area contributed by atoms with Crippen LogP contribution in [0.1, 0.15) is 23.5 Å². The number of aromatic amines is 1. The Labute approximate surface area is 101 Å². The summed E-state index contributed by atoms with van der Waals surface area (Å²) in [6.07, 6.45) is 3.32. The van der Waals surface area contributed by atoms with E-state index in [4.69, 9.17) is 5.26 Å². The van der Waals surface area contributed by atoms with Crippen LogP contribution in [0.4, 0.5) is 0 Å². The Morgan fingerprint density at radius 2 is 2.24 bits per heavy atom. The highest BCUT2D eigenvalue weighted by Crippen LogP contribution is 2.46. The van der Waals surface area contributed by atoms with Crippen molar-refractivity contribution < 1.29 is 0 Å². The fourth-order valence-corrected chi connectivity index (χ4v) is 2.61. The van der Waals surface area contributed by atoms with E-state index in [2.05, 4.69) is 36.2 Å². The first-order valence-electron chi connectivity index (χ1n) is 5.88. The molecule has 0 unspecified atom stereocenters. The van der Waals surface area contributed by atoms with Crippen molar-refractivity contribution in [2.75, 3.05) is 14.1 Å². The molecule has 1 aliphatic carbocycles. The van der Waals surface area contributed by atoms with Gasteiger partial charge in [0.1, 0.15) is 0 Å². The molecule has 0 bridgehead atoms. The van der Waals surface area contributed by atoms with Crippen molar-refractivity contribution in [2.24, 2.45) is 0 Å². The van der Waals surface area contributed by atoms with E-state index in [1.165, 1.54) is 17.4 Å². The Morgan fingerprint density at radius 1 is 1.41 bits per heavy atom. The van der Waals surface area contributed by atoms with Gasteiger partial charge in [-0.2, -0.15) is 5.26 Å². The zero-order valence-corrected chi connectivity index (χ0v) is 10.1. The van der Waals surface area contributed by atoms with Crippen LogP contribution in [0.2, 0.25) is 0 Å². The van der Waals surface area contributed by atoms with Gasteiger partial charge in [-0.3, -0.25) is 0 Å². The van der Waals surface area contributed by atoms with Gasteiger partial charge in [0.2, 0.25) is 0 Å². The first-order chi connectivity index (χ1) is 8.20. The lowest BCUT2D eigenvalue weighted by Crippen LogP contribution is -2.15. The molecular weight excluding hydrogens is 210 g/mol. The summed E-state index contributed by atoms with van der Waals surface area (Å²) in [6, 6.07) is 8.70. The van der Waals surface area contributed by atoms with Crippen molar-refractivity contribution >= 4 is 10.9 Å². The number of rotatable bonds is 2. The standard InChI is InChI=1S/C14H15N3/c1-17(2)14-6-11(14)12-8-16-13-4-3-9(7-15)5-10(12)13/h3-5,8,11,14,16H,6H2,1-2H3/t11-,14+/m1/s1. The molecule has 1 aromatic carbocycles. The maximum Gasteiger partial charge on any atom is 0.0991 e. The van der Waals surface area contributed by atoms with E-state index in [9.17, 15) is 0 Å². The molecule has 1 saturated carbocycles. The fourth-order valence-electron chi connectivity index (χ4n) is 2.61. The third-order valence-corrected chi connectivity index (χ3v) is 3.66. The number of hydrogen-bond acceptors (Lipinski definition) is 2. The van der Waals surface area contributed by atoms with E-state index in [1.54, 1.807) is 0 Å². The summed E-state index contributed by atoms with van der Waals surface area (Å²) in [5.74, 6) is 0.618. The molecule has 0 spiro atoms. The van der Waals surface area contributed by atoms with E-state index in [1.807, 2.05) is 18.2 Å². The van der Waals surface area contributed by atoms with Gasteiger partial charge in [0.05, 0.1) is 11.6 Å². The van der Waals surface area contributed by atoms with Gasteiger partial charge >= 0.3 is 0 Å². The maximum absolute atomic E-state index is 8.95. The molecule has 3 rings (SSSR count). The second-order valence-electron chi connectivity index (χ2n) is 4.99. The molecule has 1 heterocycles. The van der Waals surface area contributed by atoms with Crippen molar-refractivity contribution in [3.05, 3.63) is 35.5 Å². The first-order valence-corrected chi connectivity index (χ1v) is 5.88. The third kappa shape index (κ3) is 1.62. The van der Waals surface area contributed by atoms with Gasteiger partial charge in [0.15, 0.2) is 0 Å². The van der Waals surface area contributed by atoms with Crippen LogP contribution in [-0.4, -0.2) is 30.0 Å². The van der Waals surface area contributed by atoms with Crippen LogP contribution in [0.5, 0.6) is 0 Å². The number of fused-ring (bicyclic) bond motifs is 1. The summed E-state index contributed by atoms with van der Waals surface area (Å²) < 4.78 is 0. The SMILES string of the molecule is CN(C)[C@H]1C[C@@H]1c1c[nH]c2ccc(C#N)cc12. The molecule has 1 fully saturated rings. The molecule has 0 amide bonds. The summed E-state index contributed by atoms with van der Waals surface area (Å²) in [7, 11) is 4.25. The molecule has 0 radical (unpaired) electrons. The minimum atomic E-state index is 0.618. The number of likely N-dealkylation sites (N-methyl/N-ethyl adjacent to an activating group) is 1. The quantitative estimate of drug-likeness (QED) is 0.853. The zero-order valence-electron chi connectivity index (χ0n) is 10.1. The Hall–Kier alpha value is -1.79. The summed E-state index contributed by atoms with van der Waals surface area (Å²) in [5, 5.41) is 10.2. The molecule has 3 nitrogen and oxygen atoms in total. The number of hydrogen-bond donors (Lipinski definition) is 1. The van der Waals surface area contributed by atoms with Crippen molar-refractivity contribution in [2.45, 2.75) is 18.4 Å². The Balaban J connectivity index is 2.04. The van der Waals surface area contributed by atoms with Crippen LogP contribution < -0.4 is 0 Å². The number of benzene rings is 1. The van der Waals surface area contributed by atoms with Crippen LogP contribution in [-0.2, 0) is 0 Å². The topological polar surface area (TPSA) is 42.8 Å². The van der Waals surface area contributed by atoms with E-state index >= 15 is 0 Å². The Kier molecular flexibility index (Phi) is 2.20. The molecule has 1 aliphatic rings. The smallest absolute Gasteiger partial charge is 0.0991 e. The van der Waals surface area contributed by atoms with Gasteiger partial charge in [0, 0.05) is 29.1 Å². The zero-order chi connectivity index (χ0) is 12.0. The van der Waals surface area contributed by atoms with Crippen molar-refractivity contribution in [1.29, 1.82) is 5.26 Å². The number of nitrogens with one attached hydrogen (secondary N) is 1. The highest BCUT2D eigenvalue weighted by atomic mass is 15.1. The summed E-state index contributed by atoms with van der Waals surface area (Å²) in [4.78, 5) is 5.57. The van der Waals surface area contributed by atoms with Crippen molar-refractivity contribution in [1.82, 2.24) is 9.88 Å². The predicted molar refractivity (Wildman–Crippen MR) is 67.8 cm³/mol. The number of H-pyrrole nitrogens is 1. The molecule has 3 heteroatoms. The Morgan fingerprint density at radius 3 is 2.88 bits per heavy atom. The molecule has 86 valence electrons. The lowest BCUT2D eigenvalue weighted by molar-refractivity contribution is 0.391. The monoisotopic (exact) mass is 225 g/mol. The molecule has 0 saturated heterocycles. The summed E-state index contributed by atoms with van der Waals surface area (Å²) in [6.45, 7) is 0. The van der Waals surface area contributed by atoms with Crippen molar-refractivity contribution in [3.8, 4) is 6.07 Å². The Bertz CT molecular complexity index is 603. The number of aromatic nitrogens is 1. The minimum absolute atomic E-state index is 0.618.